The van der Waals surface area contributed by atoms with Crippen molar-refractivity contribution in [1.82, 2.24) is 9.55 Å². The Hall–Kier alpha value is -1.95. The quantitative estimate of drug-likeness (QED) is 0.854. The predicted octanol–water partition coefficient (Wildman–Crippen LogP) is 2.65. The first-order chi connectivity index (χ1) is 10.2. The smallest absolute Gasteiger partial charge is 0.237 e. The maximum absolute atomic E-state index is 12.0. The second kappa shape index (κ2) is 7.73. The highest BCUT2D eigenvalue weighted by Crippen LogP contribution is 2.24. The van der Waals surface area contributed by atoms with Gasteiger partial charge < -0.3 is 14.6 Å². The summed E-state index contributed by atoms with van der Waals surface area (Å²) < 4.78 is 7.70. The molecule has 1 amide bonds. The van der Waals surface area contributed by atoms with Crippen molar-refractivity contribution in [2.45, 2.75) is 18.7 Å². The summed E-state index contributed by atoms with van der Waals surface area (Å²) in [6, 6.07) is 7.47. The summed E-state index contributed by atoms with van der Waals surface area (Å²) >= 11 is 1.51. The van der Waals surface area contributed by atoms with Gasteiger partial charge in [0.25, 0.3) is 0 Å². The van der Waals surface area contributed by atoms with Crippen LogP contribution in [0.4, 0.5) is 5.69 Å². The van der Waals surface area contributed by atoms with Crippen LogP contribution in [0.2, 0.25) is 0 Å². The number of nitrogens with one attached hydrogen (secondary N) is 1. The van der Waals surface area contributed by atoms with E-state index in [1.165, 1.54) is 11.8 Å². The van der Waals surface area contributed by atoms with Gasteiger partial charge in [-0.2, -0.15) is 11.8 Å². The van der Waals surface area contributed by atoms with Crippen LogP contribution >= 0.6 is 11.8 Å². The number of thioether (sulfide) groups is 1. The number of imidazole rings is 1. The fraction of sp³-hybridized carbons (Fsp3) is 0.333. The molecule has 1 atom stereocenters. The maximum atomic E-state index is 12.0. The van der Waals surface area contributed by atoms with Gasteiger partial charge in [-0.05, 0) is 25.3 Å². The molecule has 1 aromatic carbocycles. The molecule has 1 N–H and O–H groups in total. The number of amides is 1. The number of hydrogen-bond acceptors (Lipinski definition) is 4. The van der Waals surface area contributed by atoms with E-state index in [0.717, 1.165) is 0 Å². The van der Waals surface area contributed by atoms with E-state index in [4.69, 9.17) is 4.74 Å². The SMILES string of the molecule is CSC(C)C(=O)Nc1ccccc1OCCn1ccnc1. The van der Waals surface area contributed by atoms with Crippen LogP contribution in [0.3, 0.4) is 0 Å². The summed E-state index contributed by atoms with van der Waals surface area (Å²) in [4.78, 5) is 15.9. The lowest BCUT2D eigenvalue weighted by atomic mass is 10.3. The van der Waals surface area contributed by atoms with Gasteiger partial charge in [0.05, 0.1) is 23.8 Å². The molecule has 0 saturated carbocycles. The minimum atomic E-state index is -0.0935. The monoisotopic (exact) mass is 305 g/mol. The molecule has 0 saturated heterocycles. The zero-order chi connectivity index (χ0) is 15.1. The Kier molecular flexibility index (Phi) is 5.68. The summed E-state index contributed by atoms with van der Waals surface area (Å²) in [5.41, 5.74) is 0.703. The second-order valence-electron chi connectivity index (χ2n) is 4.51. The van der Waals surface area contributed by atoms with Crippen LogP contribution in [-0.4, -0.2) is 33.6 Å². The summed E-state index contributed by atoms with van der Waals surface area (Å²) in [5, 5.41) is 2.81. The number of nitrogens with zero attached hydrogens (tertiary/aromatic N) is 2. The van der Waals surface area contributed by atoms with Crippen LogP contribution in [-0.2, 0) is 11.3 Å². The molecule has 0 aliphatic carbocycles. The van der Waals surface area contributed by atoms with Crippen LogP contribution in [0.25, 0.3) is 0 Å². The Morgan fingerprint density at radius 3 is 3.00 bits per heavy atom. The third-order valence-corrected chi connectivity index (χ3v) is 3.96. The number of anilines is 1. The van der Waals surface area contributed by atoms with E-state index in [0.29, 0.717) is 24.6 Å². The van der Waals surface area contributed by atoms with Crippen LogP contribution in [0.5, 0.6) is 5.75 Å². The van der Waals surface area contributed by atoms with Crippen molar-refractivity contribution in [2.75, 3.05) is 18.2 Å². The van der Waals surface area contributed by atoms with Crippen molar-refractivity contribution in [3.8, 4) is 5.75 Å². The van der Waals surface area contributed by atoms with Crippen LogP contribution in [0.1, 0.15) is 6.92 Å². The Balaban J connectivity index is 1.94. The number of rotatable bonds is 7. The summed E-state index contributed by atoms with van der Waals surface area (Å²) in [5.74, 6) is 0.660. The summed E-state index contributed by atoms with van der Waals surface area (Å²) in [6.45, 7) is 3.10. The number of hydrogen-bond donors (Lipinski definition) is 1. The lowest BCUT2D eigenvalue weighted by Crippen LogP contribution is -2.22. The van der Waals surface area contributed by atoms with Gasteiger partial charge in [0.15, 0.2) is 0 Å². The van der Waals surface area contributed by atoms with E-state index in [2.05, 4.69) is 10.3 Å². The van der Waals surface area contributed by atoms with Gasteiger partial charge >= 0.3 is 0 Å². The van der Waals surface area contributed by atoms with E-state index in [1.807, 2.05) is 48.2 Å². The number of ether oxygens (including phenoxy) is 1. The zero-order valence-electron chi connectivity index (χ0n) is 12.2. The first-order valence-electron chi connectivity index (χ1n) is 6.72. The van der Waals surface area contributed by atoms with Crippen LogP contribution < -0.4 is 10.1 Å². The van der Waals surface area contributed by atoms with Crippen molar-refractivity contribution in [2.24, 2.45) is 0 Å². The van der Waals surface area contributed by atoms with E-state index in [9.17, 15) is 4.79 Å². The van der Waals surface area contributed by atoms with Gasteiger partial charge in [0.1, 0.15) is 12.4 Å². The maximum Gasteiger partial charge on any atom is 0.237 e. The lowest BCUT2D eigenvalue weighted by molar-refractivity contribution is -0.115. The normalized spacial score (nSPS) is 11.9. The molecule has 1 unspecified atom stereocenters. The van der Waals surface area contributed by atoms with E-state index in [1.54, 1.807) is 12.5 Å². The van der Waals surface area contributed by atoms with Crippen molar-refractivity contribution in [1.29, 1.82) is 0 Å². The van der Waals surface area contributed by atoms with Gasteiger partial charge in [0, 0.05) is 12.4 Å². The average molecular weight is 305 g/mol. The molecule has 112 valence electrons. The number of benzene rings is 1. The molecule has 2 aromatic rings. The van der Waals surface area contributed by atoms with E-state index >= 15 is 0 Å². The van der Waals surface area contributed by atoms with Crippen LogP contribution in [0.15, 0.2) is 43.0 Å². The van der Waals surface area contributed by atoms with E-state index in [-0.39, 0.29) is 11.2 Å². The van der Waals surface area contributed by atoms with Gasteiger partial charge in [-0.15, -0.1) is 0 Å². The highest BCUT2D eigenvalue weighted by Gasteiger charge is 2.13. The van der Waals surface area contributed by atoms with E-state index < -0.39 is 0 Å². The molecule has 0 aliphatic rings. The van der Waals surface area contributed by atoms with Crippen molar-refractivity contribution < 1.29 is 9.53 Å². The van der Waals surface area contributed by atoms with Gasteiger partial charge in [-0.25, -0.2) is 4.98 Å². The molecule has 0 fully saturated rings. The summed E-state index contributed by atoms with van der Waals surface area (Å²) in [6.07, 6.45) is 7.28. The first kappa shape index (κ1) is 15.4. The molecular weight excluding hydrogens is 286 g/mol. The zero-order valence-corrected chi connectivity index (χ0v) is 13.0. The minimum absolute atomic E-state index is 0.0202. The van der Waals surface area contributed by atoms with Crippen molar-refractivity contribution in [3.05, 3.63) is 43.0 Å². The minimum Gasteiger partial charge on any atom is -0.490 e. The fourth-order valence-corrected chi connectivity index (χ4v) is 1.99. The molecule has 0 aliphatic heterocycles. The molecule has 0 spiro atoms. The van der Waals surface area contributed by atoms with Gasteiger partial charge in [-0.3, -0.25) is 4.79 Å². The molecule has 2 rings (SSSR count). The molecule has 1 heterocycles. The highest BCUT2D eigenvalue weighted by molar-refractivity contribution is 7.99. The Labute approximate surface area is 128 Å². The second-order valence-corrected chi connectivity index (χ2v) is 5.69. The third kappa shape index (κ3) is 4.53. The Bertz CT molecular complexity index is 572. The number of aromatic nitrogens is 2. The third-order valence-electron chi connectivity index (χ3n) is 3.03. The fourth-order valence-electron chi connectivity index (χ4n) is 1.72. The van der Waals surface area contributed by atoms with Gasteiger partial charge in [-0.1, -0.05) is 12.1 Å². The van der Waals surface area contributed by atoms with Crippen LogP contribution in [0, 0.1) is 0 Å². The largest absolute Gasteiger partial charge is 0.490 e. The summed E-state index contributed by atoms with van der Waals surface area (Å²) in [7, 11) is 0. The molecule has 1 aromatic heterocycles. The topological polar surface area (TPSA) is 56.1 Å². The number of carbonyl (C=O) groups excluding carboxylic acids is 1. The first-order valence-corrected chi connectivity index (χ1v) is 8.00. The molecule has 0 radical (unpaired) electrons. The number of para-hydroxylation sites is 2. The Morgan fingerprint density at radius 1 is 1.48 bits per heavy atom. The molecule has 21 heavy (non-hydrogen) atoms. The average Bonchev–Trinajstić information content (AvgIpc) is 3.01. The van der Waals surface area contributed by atoms with Crippen molar-refractivity contribution >= 4 is 23.4 Å². The van der Waals surface area contributed by atoms with Crippen molar-refractivity contribution in [3.63, 3.8) is 0 Å². The molecule has 6 heteroatoms. The Morgan fingerprint density at radius 2 is 2.29 bits per heavy atom. The number of carbonyl (C=O) groups is 1. The molecule has 0 bridgehead atoms. The highest BCUT2D eigenvalue weighted by atomic mass is 32.2. The lowest BCUT2D eigenvalue weighted by Gasteiger charge is -2.14. The predicted molar refractivity (Wildman–Crippen MR) is 85.8 cm³/mol. The molecule has 5 nitrogen and oxygen atoms in total. The molecular formula is C15H19N3O2S. The van der Waals surface area contributed by atoms with Gasteiger partial charge in [0.2, 0.25) is 5.91 Å². The standard InChI is InChI=1S/C15H19N3O2S/c1-12(21-2)15(19)17-13-5-3-4-6-14(13)20-10-9-18-8-7-16-11-18/h3-8,11-12H,9-10H2,1-2H3,(H,17,19).